The lowest BCUT2D eigenvalue weighted by atomic mass is 9.98. The molecule has 0 bridgehead atoms. The quantitative estimate of drug-likeness (QED) is 0.158. The van der Waals surface area contributed by atoms with E-state index in [0.717, 1.165) is 28.9 Å². The van der Waals surface area contributed by atoms with E-state index in [1.165, 1.54) is 18.1 Å². The molecule has 6 heteroatoms. The van der Waals surface area contributed by atoms with Gasteiger partial charge in [0.05, 0.1) is 6.10 Å². The highest BCUT2D eigenvalue weighted by atomic mass is 28.4. The topological polar surface area (TPSA) is 61.8 Å². The van der Waals surface area contributed by atoms with Gasteiger partial charge < -0.3 is 14.8 Å². The van der Waals surface area contributed by atoms with Crippen LogP contribution in [0.4, 0.5) is 5.69 Å². The lowest BCUT2D eigenvalue weighted by molar-refractivity contribution is -0.114. The minimum atomic E-state index is -1.90. The molecule has 0 aliphatic rings. The van der Waals surface area contributed by atoms with Gasteiger partial charge in [-0.1, -0.05) is 106 Å². The normalized spacial score (nSPS) is 13.4. The van der Waals surface area contributed by atoms with Crippen LogP contribution in [0, 0.1) is 0 Å². The van der Waals surface area contributed by atoms with Gasteiger partial charge in [0.1, 0.15) is 5.75 Å². The van der Waals surface area contributed by atoms with Crippen LogP contribution < -0.4 is 9.74 Å². The number of amides is 1. The van der Waals surface area contributed by atoms with E-state index in [2.05, 4.69) is 99.5 Å². The molecule has 0 saturated carbocycles. The zero-order chi connectivity index (χ0) is 31.9. The third kappa shape index (κ3) is 8.91. The van der Waals surface area contributed by atoms with Gasteiger partial charge in [-0.25, -0.2) is 0 Å². The van der Waals surface area contributed by atoms with Crippen molar-refractivity contribution >= 4 is 19.9 Å². The van der Waals surface area contributed by atoms with Crippen molar-refractivity contribution in [1.82, 2.24) is 4.90 Å². The first kappa shape index (κ1) is 33.2. The van der Waals surface area contributed by atoms with Crippen molar-refractivity contribution < 1.29 is 14.3 Å². The van der Waals surface area contributed by atoms with Crippen LogP contribution in [-0.4, -0.2) is 36.8 Å². The summed E-state index contributed by atoms with van der Waals surface area (Å²) in [5, 5.41) is 14.7. The molecule has 0 spiro atoms. The summed E-state index contributed by atoms with van der Waals surface area (Å²) in [7, 11) is -1.90. The van der Waals surface area contributed by atoms with Gasteiger partial charge in [0.2, 0.25) is 14.2 Å². The van der Waals surface area contributed by atoms with Crippen molar-refractivity contribution in [2.75, 3.05) is 11.9 Å². The Balaban J connectivity index is 1.54. The van der Waals surface area contributed by atoms with Gasteiger partial charge in [0, 0.05) is 37.3 Å². The fraction of sp³-hybridized carbons (Fsp3) is 0.342. The van der Waals surface area contributed by atoms with Crippen LogP contribution in [0.3, 0.4) is 0 Å². The number of aliphatic hydroxyl groups excluding tert-OH is 1. The van der Waals surface area contributed by atoms with Gasteiger partial charge in [-0.3, -0.25) is 9.69 Å². The maximum atomic E-state index is 12.1. The van der Waals surface area contributed by atoms with Crippen molar-refractivity contribution in [1.29, 1.82) is 0 Å². The van der Waals surface area contributed by atoms with Gasteiger partial charge >= 0.3 is 0 Å². The summed E-state index contributed by atoms with van der Waals surface area (Å²) in [4.78, 5) is 14.4. The Morgan fingerprint density at radius 2 is 1.50 bits per heavy atom. The molecule has 0 unspecified atom stereocenters. The Bertz CT molecular complexity index is 1500. The van der Waals surface area contributed by atoms with Gasteiger partial charge in [-0.2, -0.15) is 0 Å². The molecule has 44 heavy (non-hydrogen) atoms. The first-order chi connectivity index (χ1) is 20.8. The largest absolute Gasteiger partial charge is 0.544 e. The molecule has 1 amide bonds. The number of carbonyl (C=O) groups excluding carboxylic acids is 1. The van der Waals surface area contributed by atoms with Crippen molar-refractivity contribution in [2.24, 2.45) is 0 Å². The molecular weight excluding hydrogens is 561 g/mol. The second kappa shape index (κ2) is 14.4. The minimum Gasteiger partial charge on any atom is -0.544 e. The summed E-state index contributed by atoms with van der Waals surface area (Å²) in [6, 6.07) is 34.9. The summed E-state index contributed by atoms with van der Waals surface area (Å²) in [6.45, 7) is 16.2. The average molecular weight is 609 g/mol. The van der Waals surface area contributed by atoms with Crippen LogP contribution in [0.25, 0.3) is 11.1 Å². The molecule has 2 atom stereocenters. The highest BCUT2D eigenvalue weighted by molar-refractivity contribution is 6.74. The van der Waals surface area contributed by atoms with Gasteiger partial charge in [0.15, 0.2) is 0 Å². The molecular formula is C38H48N2O3Si. The monoisotopic (exact) mass is 608 g/mol. The first-order valence-electron chi connectivity index (χ1n) is 15.5. The third-order valence-electron chi connectivity index (χ3n) is 8.72. The number of rotatable bonds is 12. The van der Waals surface area contributed by atoms with E-state index >= 15 is 0 Å². The van der Waals surface area contributed by atoms with E-state index in [4.69, 9.17) is 4.43 Å². The Morgan fingerprint density at radius 1 is 0.886 bits per heavy atom. The molecule has 0 aliphatic heterocycles. The molecule has 0 heterocycles. The number of carbonyl (C=O) groups is 1. The summed E-state index contributed by atoms with van der Waals surface area (Å²) in [5.74, 6) is 0.785. The molecule has 0 radical (unpaired) electrons. The third-order valence-corrected chi connectivity index (χ3v) is 13.1. The van der Waals surface area contributed by atoms with Crippen molar-refractivity contribution in [3.05, 3.63) is 120 Å². The predicted octanol–water partition coefficient (Wildman–Crippen LogP) is 8.86. The van der Waals surface area contributed by atoms with E-state index in [1.807, 2.05) is 54.6 Å². The Kier molecular flexibility index (Phi) is 10.8. The number of nitrogens with one attached hydrogen (secondary N) is 1. The van der Waals surface area contributed by atoms with E-state index < -0.39 is 14.4 Å². The summed E-state index contributed by atoms with van der Waals surface area (Å²) in [5.41, 5.74) is 5.83. The van der Waals surface area contributed by atoms with Crippen molar-refractivity contribution in [2.45, 2.75) is 77.9 Å². The number of hydrogen-bond donors (Lipinski definition) is 2. The molecule has 0 aromatic heterocycles. The van der Waals surface area contributed by atoms with E-state index in [1.54, 1.807) is 0 Å². The van der Waals surface area contributed by atoms with Crippen LogP contribution in [0.15, 0.2) is 103 Å². The van der Waals surface area contributed by atoms with Crippen molar-refractivity contribution in [3.63, 3.8) is 0 Å². The van der Waals surface area contributed by atoms with Crippen LogP contribution in [0.1, 0.15) is 57.4 Å². The number of aliphatic hydroxyl groups is 1. The number of nitrogens with zero attached hydrogens (tertiary/aromatic N) is 1. The lowest BCUT2D eigenvalue weighted by Crippen LogP contribution is -2.43. The fourth-order valence-electron chi connectivity index (χ4n) is 5.09. The maximum Gasteiger partial charge on any atom is 0.250 e. The molecule has 4 aromatic rings. The minimum absolute atomic E-state index is 0.143. The smallest absolute Gasteiger partial charge is 0.250 e. The highest BCUT2D eigenvalue weighted by Crippen LogP contribution is 2.37. The summed E-state index contributed by atoms with van der Waals surface area (Å²) >= 11 is 0. The molecule has 4 rings (SSSR count). The number of hydrogen-bond acceptors (Lipinski definition) is 4. The average Bonchev–Trinajstić information content (AvgIpc) is 2.97. The number of anilines is 1. The fourth-order valence-corrected chi connectivity index (χ4v) is 6.12. The Labute approximate surface area is 265 Å². The van der Waals surface area contributed by atoms with Gasteiger partial charge in [0.25, 0.3) is 0 Å². The molecule has 2 N–H and O–H groups in total. The Morgan fingerprint density at radius 3 is 2.09 bits per heavy atom. The van der Waals surface area contributed by atoms with Gasteiger partial charge in [-0.05, 0) is 71.9 Å². The molecule has 4 aromatic carbocycles. The highest BCUT2D eigenvalue weighted by Gasteiger charge is 2.39. The molecule has 0 saturated heterocycles. The Hall–Kier alpha value is -3.71. The molecule has 0 fully saturated rings. The number of benzene rings is 4. The van der Waals surface area contributed by atoms with Crippen LogP contribution in [0.2, 0.25) is 18.1 Å². The standard InChI is InChI=1S/C38H48N2O3Si/c1-28(24-30-18-21-34(22-19-30)43-44(6,7)38(3,4)5)40(26-31-14-10-8-11-15-31)27-37(42)33-20-23-35(32-16-12-9-13-17-32)36(25-33)39-29(2)41/h8-23,25,28,37,42H,24,26-27H2,1-7H3,(H,39,41)/t28-,37-/m1/s1. The first-order valence-corrected chi connectivity index (χ1v) is 18.4. The molecule has 0 aliphatic carbocycles. The SMILES string of the molecule is CC(=O)Nc1cc([C@H](O)CN(Cc2ccccc2)[C@H](C)Cc2ccc(O[Si](C)(C)C(C)(C)C)cc2)ccc1-c1ccccc1. The van der Waals surface area contributed by atoms with Crippen LogP contribution >= 0.6 is 0 Å². The summed E-state index contributed by atoms with van der Waals surface area (Å²) in [6.07, 6.45) is 0.100. The lowest BCUT2D eigenvalue weighted by Gasteiger charge is -2.36. The molecule has 5 nitrogen and oxygen atoms in total. The van der Waals surface area contributed by atoms with E-state index in [-0.39, 0.29) is 17.0 Å². The van der Waals surface area contributed by atoms with E-state index in [0.29, 0.717) is 18.8 Å². The summed E-state index contributed by atoms with van der Waals surface area (Å²) < 4.78 is 6.49. The van der Waals surface area contributed by atoms with Gasteiger partial charge in [-0.15, -0.1) is 0 Å². The second-order valence-electron chi connectivity index (χ2n) is 13.3. The van der Waals surface area contributed by atoms with E-state index in [9.17, 15) is 9.90 Å². The molecule has 232 valence electrons. The second-order valence-corrected chi connectivity index (χ2v) is 18.1. The predicted molar refractivity (Wildman–Crippen MR) is 185 cm³/mol. The van der Waals surface area contributed by atoms with Crippen LogP contribution in [0.5, 0.6) is 5.75 Å². The maximum absolute atomic E-state index is 12.1. The van der Waals surface area contributed by atoms with Crippen molar-refractivity contribution in [3.8, 4) is 16.9 Å². The zero-order valence-corrected chi connectivity index (χ0v) is 28.3. The zero-order valence-electron chi connectivity index (χ0n) is 27.3. The van der Waals surface area contributed by atoms with Crippen LogP contribution in [-0.2, 0) is 17.8 Å².